The predicted molar refractivity (Wildman–Crippen MR) is 53.7 cm³/mol. The van der Waals surface area contributed by atoms with E-state index in [0.717, 1.165) is 6.20 Å². The van der Waals surface area contributed by atoms with E-state index in [1.54, 1.807) is 13.8 Å². The lowest BCUT2D eigenvalue weighted by atomic mass is 9.96. The summed E-state index contributed by atoms with van der Waals surface area (Å²) in [6, 6.07) is 0. The summed E-state index contributed by atoms with van der Waals surface area (Å²) in [4.78, 5) is 10.8. The first-order valence-electron chi connectivity index (χ1n) is 3.75. The Balaban J connectivity index is 4.89. The molecule has 0 saturated heterocycles. The Morgan fingerprint density at radius 1 is 1.77 bits per heavy atom. The summed E-state index contributed by atoms with van der Waals surface area (Å²) < 4.78 is 4.27. The molecule has 0 bridgehead atoms. The zero-order valence-electron chi connectivity index (χ0n) is 7.87. The lowest BCUT2D eigenvalue weighted by Crippen LogP contribution is -2.37. The molecule has 5 heteroatoms. The van der Waals surface area contributed by atoms with Gasteiger partial charge in [-0.25, -0.2) is 4.79 Å². The van der Waals surface area contributed by atoms with Gasteiger partial charge in [-0.2, -0.15) is 0 Å². The number of aliphatic carboxylic acids is 1. The molecule has 0 spiro atoms. The van der Waals surface area contributed by atoms with Crippen molar-refractivity contribution in [3.8, 4) is 0 Å². The van der Waals surface area contributed by atoms with E-state index >= 15 is 0 Å². The standard InChI is InChI=1S/C8H14BrNO3/c1-5(13-3)8(2,9)6(4-10)7(11)12/h4-5H,10H2,1-3H3,(H,11,12)/b6-4+/t5-,8?/m0/s1. The molecule has 0 aliphatic heterocycles. The molecule has 0 amide bonds. The van der Waals surface area contributed by atoms with Crippen LogP contribution < -0.4 is 5.73 Å². The van der Waals surface area contributed by atoms with Crippen LogP contribution in [0.15, 0.2) is 11.8 Å². The van der Waals surface area contributed by atoms with Crippen molar-refractivity contribution in [3.63, 3.8) is 0 Å². The van der Waals surface area contributed by atoms with Gasteiger partial charge in [0.2, 0.25) is 0 Å². The third-order valence-corrected chi connectivity index (χ3v) is 3.11. The lowest BCUT2D eigenvalue weighted by Gasteiger charge is -2.28. The van der Waals surface area contributed by atoms with Gasteiger partial charge in [0.1, 0.15) is 0 Å². The maximum atomic E-state index is 10.8. The summed E-state index contributed by atoms with van der Waals surface area (Å²) in [7, 11) is 1.51. The third kappa shape index (κ3) is 2.70. The predicted octanol–water partition coefficient (Wildman–Crippen LogP) is 1.10. The van der Waals surface area contributed by atoms with Gasteiger partial charge in [-0.05, 0) is 13.8 Å². The average molecular weight is 252 g/mol. The van der Waals surface area contributed by atoms with Crippen LogP contribution in [0.5, 0.6) is 0 Å². The molecule has 0 aromatic rings. The zero-order valence-corrected chi connectivity index (χ0v) is 9.46. The topological polar surface area (TPSA) is 72.5 Å². The highest BCUT2D eigenvalue weighted by atomic mass is 79.9. The molecule has 76 valence electrons. The Labute approximate surface area is 85.9 Å². The Morgan fingerprint density at radius 3 is 2.46 bits per heavy atom. The molecule has 0 aliphatic rings. The SMILES string of the molecule is CO[C@@H](C)C(C)(Br)/C(=C/N)C(=O)O. The summed E-state index contributed by atoms with van der Waals surface area (Å²) in [6.07, 6.45) is 0.797. The number of hydrogen-bond acceptors (Lipinski definition) is 3. The van der Waals surface area contributed by atoms with Gasteiger partial charge >= 0.3 is 5.97 Å². The van der Waals surface area contributed by atoms with E-state index in [-0.39, 0.29) is 11.7 Å². The molecule has 1 unspecified atom stereocenters. The van der Waals surface area contributed by atoms with Crippen LogP contribution in [0.4, 0.5) is 0 Å². The highest BCUT2D eigenvalue weighted by molar-refractivity contribution is 9.10. The molecule has 0 radical (unpaired) electrons. The first kappa shape index (κ1) is 12.4. The fourth-order valence-electron chi connectivity index (χ4n) is 0.884. The number of alkyl halides is 1. The molecule has 4 nitrogen and oxygen atoms in total. The smallest absolute Gasteiger partial charge is 0.334 e. The van der Waals surface area contributed by atoms with Crippen molar-refractivity contribution >= 4 is 21.9 Å². The summed E-state index contributed by atoms with van der Waals surface area (Å²) in [5.74, 6) is -1.05. The van der Waals surface area contributed by atoms with Crippen LogP contribution in [0.1, 0.15) is 13.8 Å². The van der Waals surface area contributed by atoms with Gasteiger partial charge in [-0.1, -0.05) is 15.9 Å². The Hall–Kier alpha value is -0.550. The second-order valence-electron chi connectivity index (χ2n) is 2.84. The van der Waals surface area contributed by atoms with Gasteiger partial charge in [-0.15, -0.1) is 0 Å². The minimum absolute atomic E-state index is 0.0850. The largest absolute Gasteiger partial charge is 0.478 e. The number of rotatable bonds is 4. The molecular weight excluding hydrogens is 238 g/mol. The lowest BCUT2D eigenvalue weighted by molar-refractivity contribution is -0.133. The van der Waals surface area contributed by atoms with Crippen LogP contribution in [0.25, 0.3) is 0 Å². The maximum Gasteiger partial charge on any atom is 0.334 e. The van der Waals surface area contributed by atoms with Gasteiger partial charge in [-0.3, -0.25) is 0 Å². The normalized spacial score (nSPS) is 19.2. The second kappa shape index (κ2) is 4.62. The average Bonchev–Trinajstić information content (AvgIpc) is 2.02. The van der Waals surface area contributed by atoms with Crippen molar-refractivity contribution in [2.45, 2.75) is 24.3 Å². The van der Waals surface area contributed by atoms with E-state index < -0.39 is 10.3 Å². The van der Waals surface area contributed by atoms with Crippen LogP contribution in [0.3, 0.4) is 0 Å². The van der Waals surface area contributed by atoms with Crippen LogP contribution in [0.2, 0.25) is 0 Å². The number of ether oxygens (including phenoxy) is 1. The van der Waals surface area contributed by atoms with E-state index in [0.29, 0.717) is 0 Å². The molecule has 0 heterocycles. The molecular formula is C8H14BrNO3. The monoisotopic (exact) mass is 251 g/mol. The molecule has 2 atom stereocenters. The van der Waals surface area contributed by atoms with Gasteiger partial charge < -0.3 is 15.6 Å². The van der Waals surface area contributed by atoms with Crippen molar-refractivity contribution < 1.29 is 14.6 Å². The number of carboxylic acids is 1. The van der Waals surface area contributed by atoms with E-state index in [1.165, 1.54) is 7.11 Å². The Bertz CT molecular complexity index is 225. The number of nitrogens with two attached hydrogens (primary N) is 1. The molecule has 3 N–H and O–H groups in total. The highest BCUT2D eigenvalue weighted by Crippen LogP contribution is 2.31. The molecule has 0 fully saturated rings. The molecule has 0 aromatic heterocycles. The van der Waals surface area contributed by atoms with Crippen LogP contribution in [-0.2, 0) is 9.53 Å². The quantitative estimate of drug-likeness (QED) is 0.580. The molecule has 13 heavy (non-hydrogen) atoms. The fraction of sp³-hybridized carbons (Fsp3) is 0.625. The first-order valence-corrected chi connectivity index (χ1v) is 4.54. The van der Waals surface area contributed by atoms with Crippen molar-refractivity contribution in [1.82, 2.24) is 0 Å². The Kier molecular flexibility index (Phi) is 4.43. The zero-order chi connectivity index (χ0) is 10.6. The molecule has 0 saturated carbocycles. The summed E-state index contributed by atoms with van der Waals surface area (Å²) in [5, 5.41) is 8.82. The minimum atomic E-state index is -1.05. The van der Waals surface area contributed by atoms with Crippen LogP contribution in [-0.4, -0.2) is 28.6 Å². The number of carbonyl (C=O) groups is 1. The van der Waals surface area contributed by atoms with E-state index in [2.05, 4.69) is 15.9 Å². The van der Waals surface area contributed by atoms with Gasteiger partial charge in [0.15, 0.2) is 0 Å². The van der Waals surface area contributed by atoms with E-state index in [4.69, 9.17) is 15.6 Å². The van der Waals surface area contributed by atoms with Crippen molar-refractivity contribution in [2.75, 3.05) is 7.11 Å². The van der Waals surface area contributed by atoms with E-state index in [9.17, 15) is 4.79 Å². The summed E-state index contributed by atoms with van der Waals surface area (Å²) >= 11 is 3.28. The number of halogens is 1. The van der Waals surface area contributed by atoms with Crippen molar-refractivity contribution in [2.24, 2.45) is 5.73 Å². The second-order valence-corrected chi connectivity index (χ2v) is 4.49. The molecule has 0 rings (SSSR count). The van der Waals surface area contributed by atoms with Gasteiger partial charge in [0.05, 0.1) is 16.0 Å². The van der Waals surface area contributed by atoms with Gasteiger partial charge in [0, 0.05) is 13.3 Å². The van der Waals surface area contributed by atoms with Crippen molar-refractivity contribution in [1.29, 1.82) is 0 Å². The summed E-state index contributed by atoms with van der Waals surface area (Å²) in [5.41, 5.74) is 5.31. The van der Waals surface area contributed by atoms with E-state index in [1.807, 2.05) is 0 Å². The number of hydrogen-bond donors (Lipinski definition) is 2. The molecule has 0 aromatic carbocycles. The third-order valence-electron chi connectivity index (χ3n) is 2.04. The highest BCUT2D eigenvalue weighted by Gasteiger charge is 2.36. The van der Waals surface area contributed by atoms with Crippen LogP contribution >= 0.6 is 15.9 Å². The summed E-state index contributed by atoms with van der Waals surface area (Å²) in [6.45, 7) is 3.47. The van der Waals surface area contributed by atoms with Crippen LogP contribution in [0, 0.1) is 0 Å². The first-order chi connectivity index (χ1) is 5.87. The Morgan fingerprint density at radius 2 is 2.23 bits per heavy atom. The number of methoxy groups -OCH3 is 1. The fourth-order valence-corrected chi connectivity index (χ4v) is 1.37. The minimum Gasteiger partial charge on any atom is -0.478 e. The van der Waals surface area contributed by atoms with Crippen molar-refractivity contribution in [3.05, 3.63) is 11.8 Å². The molecule has 0 aliphatic carbocycles. The van der Waals surface area contributed by atoms with Gasteiger partial charge in [0.25, 0.3) is 0 Å². The number of carboxylic acid groups (broad SMARTS) is 1. The maximum absolute atomic E-state index is 10.8.